The maximum Gasteiger partial charge on any atom is 0.0560 e. The SMILES string of the molecule is [CH2-][NH2+]CC1CSC1. The molecule has 1 rings (SSSR count). The molecule has 0 radical (unpaired) electrons. The molecule has 0 bridgehead atoms. The highest BCUT2D eigenvalue weighted by Crippen LogP contribution is 2.22. The molecule has 0 aromatic rings. The van der Waals surface area contributed by atoms with Crippen molar-refractivity contribution in [2.45, 2.75) is 0 Å². The van der Waals surface area contributed by atoms with E-state index in [0.29, 0.717) is 0 Å². The van der Waals surface area contributed by atoms with E-state index in [9.17, 15) is 0 Å². The van der Waals surface area contributed by atoms with E-state index in [-0.39, 0.29) is 0 Å². The second kappa shape index (κ2) is 2.58. The summed E-state index contributed by atoms with van der Waals surface area (Å²) in [7, 11) is 3.67. The van der Waals surface area contributed by atoms with Crippen molar-refractivity contribution < 1.29 is 5.32 Å². The largest absolute Gasteiger partial charge is 0.479 e. The zero-order valence-electron chi connectivity index (χ0n) is 4.39. The van der Waals surface area contributed by atoms with Crippen molar-refractivity contribution in [3.8, 4) is 0 Å². The van der Waals surface area contributed by atoms with Crippen LogP contribution in [-0.2, 0) is 0 Å². The Morgan fingerprint density at radius 1 is 1.71 bits per heavy atom. The first-order chi connectivity index (χ1) is 3.43. The summed E-state index contributed by atoms with van der Waals surface area (Å²) in [5, 5.41) is 2.02. The minimum atomic E-state index is 0.975. The third-order valence-electron chi connectivity index (χ3n) is 1.21. The number of rotatable bonds is 2. The van der Waals surface area contributed by atoms with Gasteiger partial charge in [0.05, 0.1) is 6.54 Å². The van der Waals surface area contributed by atoms with Gasteiger partial charge in [0.25, 0.3) is 0 Å². The Morgan fingerprint density at radius 2 is 2.43 bits per heavy atom. The first-order valence-corrected chi connectivity index (χ1v) is 3.77. The summed E-state index contributed by atoms with van der Waals surface area (Å²) in [6.07, 6.45) is 0. The van der Waals surface area contributed by atoms with Crippen LogP contribution in [0.2, 0.25) is 0 Å². The molecule has 1 nitrogen and oxygen atoms in total. The van der Waals surface area contributed by atoms with Crippen LogP contribution in [0.15, 0.2) is 0 Å². The fraction of sp³-hybridized carbons (Fsp3) is 0.800. The Balaban J connectivity index is 1.93. The molecule has 1 aliphatic rings. The summed E-state index contributed by atoms with van der Waals surface area (Å²) in [6, 6.07) is 0. The second-order valence-corrected chi connectivity index (χ2v) is 3.00. The molecule has 1 heterocycles. The molecule has 42 valence electrons. The summed E-state index contributed by atoms with van der Waals surface area (Å²) in [4.78, 5) is 0. The van der Waals surface area contributed by atoms with Crippen molar-refractivity contribution in [2.24, 2.45) is 5.92 Å². The highest BCUT2D eigenvalue weighted by Gasteiger charge is 2.17. The summed E-state index contributed by atoms with van der Waals surface area (Å²) in [5.41, 5.74) is 0. The van der Waals surface area contributed by atoms with E-state index in [1.165, 1.54) is 18.1 Å². The molecule has 2 N–H and O–H groups in total. The fourth-order valence-corrected chi connectivity index (χ4v) is 1.50. The summed E-state index contributed by atoms with van der Waals surface area (Å²) >= 11 is 2.04. The van der Waals surface area contributed by atoms with E-state index >= 15 is 0 Å². The monoisotopic (exact) mass is 117 g/mol. The maximum atomic E-state index is 3.67. The Morgan fingerprint density at radius 3 is 2.57 bits per heavy atom. The first kappa shape index (κ1) is 5.45. The average molecular weight is 117 g/mol. The van der Waals surface area contributed by atoms with E-state index in [0.717, 1.165) is 5.92 Å². The van der Waals surface area contributed by atoms with Gasteiger partial charge in [0, 0.05) is 17.4 Å². The summed E-state index contributed by atoms with van der Waals surface area (Å²) in [5.74, 6) is 3.71. The Bertz CT molecular complexity index is 52.0. The molecule has 0 aromatic heterocycles. The minimum absolute atomic E-state index is 0.975. The maximum absolute atomic E-state index is 3.67. The van der Waals surface area contributed by atoms with E-state index in [4.69, 9.17) is 0 Å². The fourth-order valence-electron chi connectivity index (χ4n) is 0.656. The molecule has 1 saturated heterocycles. The predicted octanol–water partition coefficient (Wildman–Crippen LogP) is -0.296. The molecular weight excluding hydrogens is 106 g/mol. The normalized spacial score (nSPS) is 21.9. The molecule has 2 heteroatoms. The van der Waals surface area contributed by atoms with Crippen molar-refractivity contribution in [1.29, 1.82) is 0 Å². The van der Waals surface area contributed by atoms with Gasteiger partial charge >= 0.3 is 0 Å². The number of nitrogens with two attached hydrogens (primary N) is 1. The lowest BCUT2D eigenvalue weighted by atomic mass is 10.2. The van der Waals surface area contributed by atoms with Crippen LogP contribution in [-0.4, -0.2) is 18.1 Å². The molecule has 0 atom stereocenters. The number of quaternary nitrogens is 1. The van der Waals surface area contributed by atoms with E-state index in [1.807, 2.05) is 17.1 Å². The van der Waals surface area contributed by atoms with Gasteiger partial charge in [-0.15, -0.1) is 0 Å². The van der Waals surface area contributed by atoms with Gasteiger partial charge < -0.3 is 5.32 Å². The van der Waals surface area contributed by atoms with E-state index in [1.54, 1.807) is 0 Å². The highest BCUT2D eigenvalue weighted by atomic mass is 32.2. The highest BCUT2D eigenvalue weighted by molar-refractivity contribution is 8.00. The minimum Gasteiger partial charge on any atom is -0.479 e. The average Bonchev–Trinajstić information content (AvgIpc) is 1.55. The topological polar surface area (TPSA) is 16.6 Å². The van der Waals surface area contributed by atoms with E-state index < -0.39 is 0 Å². The van der Waals surface area contributed by atoms with Crippen LogP contribution in [0.5, 0.6) is 0 Å². The van der Waals surface area contributed by atoms with Crippen molar-refractivity contribution in [3.05, 3.63) is 7.05 Å². The van der Waals surface area contributed by atoms with Crippen LogP contribution in [0, 0.1) is 13.0 Å². The van der Waals surface area contributed by atoms with Gasteiger partial charge in [0.1, 0.15) is 0 Å². The number of thioether (sulfide) groups is 1. The van der Waals surface area contributed by atoms with Gasteiger partial charge in [-0.25, -0.2) is 0 Å². The molecule has 7 heavy (non-hydrogen) atoms. The van der Waals surface area contributed by atoms with Gasteiger partial charge in [-0.3, -0.25) is 0 Å². The molecule has 1 aliphatic heterocycles. The molecule has 0 amide bonds. The zero-order valence-corrected chi connectivity index (χ0v) is 5.21. The zero-order chi connectivity index (χ0) is 5.11. The quantitative estimate of drug-likeness (QED) is 0.491. The third kappa shape index (κ3) is 1.35. The summed E-state index contributed by atoms with van der Waals surface area (Å²) < 4.78 is 0. The number of hydrogen-bond donors (Lipinski definition) is 1. The molecular formula is C5H11NS. The van der Waals surface area contributed by atoms with Crippen LogP contribution in [0.3, 0.4) is 0 Å². The lowest BCUT2D eigenvalue weighted by Gasteiger charge is -2.23. The van der Waals surface area contributed by atoms with Gasteiger partial charge in [0.2, 0.25) is 0 Å². The standard InChI is InChI=1S/C5H11NS/c1-6-2-5-3-7-4-5/h5H,1-4,6H2. The van der Waals surface area contributed by atoms with Crippen molar-refractivity contribution in [3.63, 3.8) is 0 Å². The Kier molecular flexibility index (Phi) is 2.00. The van der Waals surface area contributed by atoms with Crippen LogP contribution in [0.1, 0.15) is 0 Å². The van der Waals surface area contributed by atoms with E-state index in [2.05, 4.69) is 7.05 Å². The van der Waals surface area contributed by atoms with Crippen LogP contribution in [0.4, 0.5) is 0 Å². The Hall–Kier alpha value is 0.310. The lowest BCUT2D eigenvalue weighted by molar-refractivity contribution is -0.601. The van der Waals surface area contributed by atoms with Gasteiger partial charge in [-0.2, -0.15) is 18.8 Å². The molecule has 0 aromatic carbocycles. The Labute approximate surface area is 48.9 Å². The van der Waals surface area contributed by atoms with Crippen LogP contribution < -0.4 is 5.32 Å². The molecule has 1 fully saturated rings. The molecule has 0 saturated carbocycles. The molecule has 0 unspecified atom stereocenters. The van der Waals surface area contributed by atoms with Crippen LogP contribution in [0.25, 0.3) is 0 Å². The first-order valence-electron chi connectivity index (χ1n) is 2.62. The summed E-state index contributed by atoms with van der Waals surface area (Å²) in [6.45, 7) is 1.23. The van der Waals surface area contributed by atoms with Gasteiger partial charge in [-0.1, -0.05) is 0 Å². The van der Waals surface area contributed by atoms with Crippen LogP contribution >= 0.6 is 11.8 Å². The molecule has 0 aliphatic carbocycles. The van der Waals surface area contributed by atoms with Gasteiger partial charge in [-0.05, 0) is 0 Å². The third-order valence-corrected chi connectivity index (χ3v) is 2.62. The van der Waals surface area contributed by atoms with Crippen molar-refractivity contribution in [2.75, 3.05) is 18.1 Å². The van der Waals surface area contributed by atoms with Crippen molar-refractivity contribution >= 4 is 11.8 Å². The smallest absolute Gasteiger partial charge is 0.0560 e. The van der Waals surface area contributed by atoms with Gasteiger partial charge in [0.15, 0.2) is 0 Å². The second-order valence-electron chi connectivity index (χ2n) is 1.93. The predicted molar refractivity (Wildman–Crippen MR) is 33.0 cm³/mol. The molecule has 0 spiro atoms. The number of hydrogen-bond acceptors (Lipinski definition) is 1. The van der Waals surface area contributed by atoms with Crippen molar-refractivity contribution in [1.82, 2.24) is 0 Å². The lowest BCUT2D eigenvalue weighted by Crippen LogP contribution is -2.79.